The van der Waals surface area contributed by atoms with Crippen LogP contribution in [0.15, 0.2) is 54.6 Å². The summed E-state index contributed by atoms with van der Waals surface area (Å²) in [5.41, 5.74) is 0.561. The summed E-state index contributed by atoms with van der Waals surface area (Å²) in [5.74, 6) is 0. The number of nitrogens with zero attached hydrogens (tertiary/aromatic N) is 1. The van der Waals surface area contributed by atoms with Gasteiger partial charge in [-0.25, -0.2) is 4.79 Å². The van der Waals surface area contributed by atoms with Gasteiger partial charge in [-0.2, -0.15) is 13.2 Å². The molecule has 2 rings (SSSR count). The van der Waals surface area contributed by atoms with E-state index in [1.54, 1.807) is 4.90 Å². The van der Waals surface area contributed by atoms with Gasteiger partial charge in [-0.1, -0.05) is 30.3 Å². The zero-order chi connectivity index (χ0) is 17.7. The third kappa shape index (κ3) is 4.75. The minimum Gasteiger partial charge on any atom is -0.318 e. The number of alkyl halides is 3. The van der Waals surface area contributed by atoms with Gasteiger partial charge in [-0.3, -0.25) is 0 Å². The molecule has 0 radical (unpaired) electrons. The largest absolute Gasteiger partial charge is 0.416 e. The number of carbonyl (C=O) groups excluding carboxylic acids is 1. The van der Waals surface area contributed by atoms with Crippen LogP contribution >= 0.6 is 0 Å². The zero-order valence-corrected chi connectivity index (χ0v) is 13.5. The molecule has 0 heterocycles. The van der Waals surface area contributed by atoms with E-state index in [1.807, 2.05) is 44.2 Å². The molecule has 2 aromatic rings. The van der Waals surface area contributed by atoms with Gasteiger partial charge in [-0.15, -0.1) is 0 Å². The van der Waals surface area contributed by atoms with E-state index < -0.39 is 11.7 Å². The van der Waals surface area contributed by atoms with Crippen molar-refractivity contribution in [3.8, 4) is 0 Å². The predicted molar refractivity (Wildman–Crippen MR) is 87.6 cm³/mol. The van der Waals surface area contributed by atoms with Crippen molar-refractivity contribution >= 4 is 11.7 Å². The van der Waals surface area contributed by atoms with E-state index in [9.17, 15) is 18.0 Å². The average molecular weight is 336 g/mol. The van der Waals surface area contributed by atoms with Crippen LogP contribution in [0.2, 0.25) is 0 Å². The van der Waals surface area contributed by atoms with E-state index in [0.29, 0.717) is 12.2 Å². The van der Waals surface area contributed by atoms with Crippen molar-refractivity contribution in [2.75, 3.05) is 5.32 Å². The molecule has 0 saturated heterocycles. The first-order valence-corrected chi connectivity index (χ1v) is 7.56. The summed E-state index contributed by atoms with van der Waals surface area (Å²) in [6.07, 6.45) is -4.39. The fourth-order valence-electron chi connectivity index (χ4n) is 2.21. The average Bonchev–Trinajstić information content (AvgIpc) is 2.53. The maximum atomic E-state index is 12.6. The van der Waals surface area contributed by atoms with Gasteiger partial charge in [0, 0.05) is 18.3 Å². The third-order valence-corrected chi connectivity index (χ3v) is 3.54. The van der Waals surface area contributed by atoms with E-state index in [-0.39, 0.29) is 12.1 Å². The summed E-state index contributed by atoms with van der Waals surface area (Å²) in [4.78, 5) is 14.1. The Morgan fingerprint density at radius 3 is 2.12 bits per heavy atom. The molecule has 0 unspecified atom stereocenters. The SMILES string of the molecule is CC(C)N(Cc1ccccc1)C(=O)Nc1ccc(C(F)(F)F)cc1. The Balaban J connectivity index is 2.08. The number of carbonyl (C=O) groups is 1. The summed E-state index contributed by atoms with van der Waals surface area (Å²) in [6.45, 7) is 4.19. The highest BCUT2D eigenvalue weighted by Crippen LogP contribution is 2.29. The van der Waals surface area contributed by atoms with Crippen molar-refractivity contribution in [3.63, 3.8) is 0 Å². The Morgan fingerprint density at radius 1 is 1.04 bits per heavy atom. The highest BCUT2D eigenvalue weighted by atomic mass is 19.4. The number of anilines is 1. The molecule has 0 spiro atoms. The number of nitrogens with one attached hydrogen (secondary N) is 1. The van der Waals surface area contributed by atoms with Gasteiger partial charge in [0.1, 0.15) is 0 Å². The van der Waals surface area contributed by atoms with Crippen molar-refractivity contribution in [2.24, 2.45) is 0 Å². The molecule has 24 heavy (non-hydrogen) atoms. The van der Waals surface area contributed by atoms with Crippen LogP contribution in [-0.4, -0.2) is 17.0 Å². The number of benzene rings is 2. The fraction of sp³-hybridized carbons (Fsp3) is 0.278. The number of amides is 2. The Labute approximate surface area is 139 Å². The smallest absolute Gasteiger partial charge is 0.318 e. The summed E-state index contributed by atoms with van der Waals surface area (Å²) >= 11 is 0. The van der Waals surface area contributed by atoms with Gasteiger partial charge in [0.05, 0.1) is 5.56 Å². The molecule has 6 heteroatoms. The van der Waals surface area contributed by atoms with Gasteiger partial charge in [0.25, 0.3) is 0 Å². The molecule has 0 atom stereocenters. The molecule has 0 aromatic heterocycles. The molecule has 0 saturated carbocycles. The monoisotopic (exact) mass is 336 g/mol. The van der Waals surface area contributed by atoms with Crippen LogP contribution in [0, 0.1) is 0 Å². The van der Waals surface area contributed by atoms with E-state index in [2.05, 4.69) is 5.32 Å². The molecule has 0 aliphatic rings. The number of rotatable bonds is 4. The van der Waals surface area contributed by atoms with Crippen LogP contribution in [-0.2, 0) is 12.7 Å². The van der Waals surface area contributed by atoms with Gasteiger partial charge in [0.15, 0.2) is 0 Å². The van der Waals surface area contributed by atoms with Crippen molar-refractivity contribution < 1.29 is 18.0 Å². The molecule has 2 amide bonds. The minimum absolute atomic E-state index is 0.0559. The second-order valence-electron chi connectivity index (χ2n) is 5.71. The Kier molecular flexibility index (Phi) is 5.49. The number of urea groups is 1. The molecule has 0 aliphatic heterocycles. The highest BCUT2D eigenvalue weighted by Gasteiger charge is 2.30. The molecule has 0 fully saturated rings. The van der Waals surface area contributed by atoms with E-state index in [1.165, 1.54) is 12.1 Å². The van der Waals surface area contributed by atoms with Crippen LogP contribution in [0.5, 0.6) is 0 Å². The molecule has 128 valence electrons. The maximum absolute atomic E-state index is 12.6. The topological polar surface area (TPSA) is 32.3 Å². The Bertz CT molecular complexity index is 667. The zero-order valence-electron chi connectivity index (χ0n) is 13.5. The second kappa shape index (κ2) is 7.38. The summed E-state index contributed by atoms with van der Waals surface area (Å²) in [5, 5.41) is 2.64. The van der Waals surface area contributed by atoms with Gasteiger partial charge < -0.3 is 10.2 Å². The fourth-order valence-corrected chi connectivity index (χ4v) is 2.21. The summed E-state index contributed by atoms with van der Waals surface area (Å²) in [7, 11) is 0. The van der Waals surface area contributed by atoms with Gasteiger partial charge in [-0.05, 0) is 43.7 Å². The van der Waals surface area contributed by atoms with Gasteiger partial charge >= 0.3 is 12.2 Å². The standard InChI is InChI=1S/C18H19F3N2O/c1-13(2)23(12-14-6-4-3-5-7-14)17(24)22-16-10-8-15(9-11-16)18(19,20)21/h3-11,13H,12H2,1-2H3,(H,22,24). The number of halogens is 3. The molecular formula is C18H19F3N2O. The molecular weight excluding hydrogens is 317 g/mol. The number of hydrogen-bond donors (Lipinski definition) is 1. The lowest BCUT2D eigenvalue weighted by Crippen LogP contribution is -2.39. The highest BCUT2D eigenvalue weighted by molar-refractivity contribution is 5.89. The Hall–Kier alpha value is -2.50. The maximum Gasteiger partial charge on any atom is 0.416 e. The van der Waals surface area contributed by atoms with Crippen LogP contribution < -0.4 is 5.32 Å². The first-order chi connectivity index (χ1) is 11.3. The first-order valence-electron chi connectivity index (χ1n) is 7.56. The Morgan fingerprint density at radius 2 is 1.62 bits per heavy atom. The normalized spacial score (nSPS) is 11.4. The molecule has 1 N–H and O–H groups in total. The van der Waals surface area contributed by atoms with Crippen molar-refractivity contribution in [3.05, 3.63) is 65.7 Å². The lowest BCUT2D eigenvalue weighted by molar-refractivity contribution is -0.137. The molecule has 0 aliphatic carbocycles. The van der Waals surface area contributed by atoms with E-state index in [4.69, 9.17) is 0 Å². The summed E-state index contributed by atoms with van der Waals surface area (Å²) < 4.78 is 37.7. The quantitative estimate of drug-likeness (QED) is 0.823. The number of hydrogen-bond acceptors (Lipinski definition) is 1. The van der Waals surface area contributed by atoms with E-state index in [0.717, 1.165) is 17.7 Å². The summed E-state index contributed by atoms with van der Waals surface area (Å²) in [6, 6.07) is 13.5. The van der Waals surface area contributed by atoms with Crippen molar-refractivity contribution in [2.45, 2.75) is 32.6 Å². The molecule has 0 bridgehead atoms. The van der Waals surface area contributed by atoms with Crippen LogP contribution in [0.25, 0.3) is 0 Å². The third-order valence-electron chi connectivity index (χ3n) is 3.54. The van der Waals surface area contributed by atoms with E-state index >= 15 is 0 Å². The lowest BCUT2D eigenvalue weighted by Gasteiger charge is -2.27. The van der Waals surface area contributed by atoms with Crippen LogP contribution in [0.4, 0.5) is 23.7 Å². The van der Waals surface area contributed by atoms with Crippen molar-refractivity contribution in [1.29, 1.82) is 0 Å². The van der Waals surface area contributed by atoms with Crippen molar-refractivity contribution in [1.82, 2.24) is 4.90 Å². The van der Waals surface area contributed by atoms with Crippen LogP contribution in [0.1, 0.15) is 25.0 Å². The molecule has 3 nitrogen and oxygen atoms in total. The molecule has 2 aromatic carbocycles. The van der Waals surface area contributed by atoms with Gasteiger partial charge in [0.2, 0.25) is 0 Å². The predicted octanol–water partition coefficient (Wildman–Crippen LogP) is 5.15. The first kappa shape index (κ1) is 17.8. The second-order valence-corrected chi connectivity index (χ2v) is 5.71. The van der Waals surface area contributed by atoms with Crippen LogP contribution in [0.3, 0.4) is 0 Å². The minimum atomic E-state index is -4.39. The lowest BCUT2D eigenvalue weighted by atomic mass is 10.2.